The largest absolute Gasteiger partial charge is 0.497 e. The van der Waals surface area contributed by atoms with Crippen LogP contribution in [-0.2, 0) is 6.42 Å². The second-order valence-electron chi connectivity index (χ2n) is 6.69. The first-order valence-electron chi connectivity index (χ1n) is 8.24. The number of aryl methyl sites for hydroxylation is 1. The number of piperidine rings is 1. The lowest BCUT2D eigenvalue weighted by Gasteiger charge is -2.47. The Kier molecular flexibility index (Phi) is 4.23. The van der Waals surface area contributed by atoms with Gasteiger partial charge in [-0.3, -0.25) is 4.90 Å². The van der Waals surface area contributed by atoms with Crippen LogP contribution in [0.3, 0.4) is 0 Å². The molecule has 1 aromatic rings. The number of hydrogen-bond acceptors (Lipinski definition) is 3. The molecule has 3 rings (SSSR count). The second kappa shape index (κ2) is 5.98. The van der Waals surface area contributed by atoms with Crippen molar-refractivity contribution in [3.63, 3.8) is 0 Å². The lowest BCUT2D eigenvalue weighted by Crippen LogP contribution is -2.53. The SMILES string of the molecule is COc1ccc2c(c1)C(O)C(N1[C@H](C)CCC[C@@H]1C)CC2. The molecule has 21 heavy (non-hydrogen) atoms. The van der Waals surface area contributed by atoms with Crippen LogP contribution in [0.5, 0.6) is 5.75 Å². The van der Waals surface area contributed by atoms with Gasteiger partial charge in [0.25, 0.3) is 0 Å². The molecule has 3 heteroatoms. The third-order valence-electron chi connectivity index (χ3n) is 5.39. The fourth-order valence-corrected chi connectivity index (χ4v) is 4.28. The number of rotatable bonds is 2. The van der Waals surface area contributed by atoms with Gasteiger partial charge in [-0.2, -0.15) is 0 Å². The molecule has 0 aromatic heterocycles. The molecule has 4 atom stereocenters. The van der Waals surface area contributed by atoms with E-state index in [2.05, 4.69) is 24.8 Å². The lowest BCUT2D eigenvalue weighted by atomic mass is 9.82. The van der Waals surface area contributed by atoms with Crippen LogP contribution in [0.25, 0.3) is 0 Å². The van der Waals surface area contributed by atoms with E-state index in [9.17, 15) is 5.11 Å². The van der Waals surface area contributed by atoms with Gasteiger partial charge in [0.2, 0.25) is 0 Å². The summed E-state index contributed by atoms with van der Waals surface area (Å²) in [5.74, 6) is 0.841. The molecule has 2 unspecified atom stereocenters. The summed E-state index contributed by atoms with van der Waals surface area (Å²) in [7, 11) is 1.68. The summed E-state index contributed by atoms with van der Waals surface area (Å²) < 4.78 is 5.33. The molecule has 0 radical (unpaired) electrons. The van der Waals surface area contributed by atoms with Gasteiger partial charge in [-0.1, -0.05) is 12.5 Å². The molecule has 3 nitrogen and oxygen atoms in total. The van der Waals surface area contributed by atoms with E-state index >= 15 is 0 Å². The third kappa shape index (κ3) is 2.69. The van der Waals surface area contributed by atoms with E-state index in [1.54, 1.807) is 7.11 Å². The zero-order valence-electron chi connectivity index (χ0n) is 13.4. The van der Waals surface area contributed by atoms with Crippen molar-refractivity contribution in [3.8, 4) is 5.75 Å². The molecule has 0 spiro atoms. The quantitative estimate of drug-likeness (QED) is 0.906. The van der Waals surface area contributed by atoms with Gasteiger partial charge in [-0.05, 0) is 62.8 Å². The highest BCUT2D eigenvalue weighted by molar-refractivity contribution is 5.39. The van der Waals surface area contributed by atoms with Crippen molar-refractivity contribution >= 4 is 0 Å². The fraction of sp³-hybridized carbons (Fsp3) is 0.667. The van der Waals surface area contributed by atoms with Crippen LogP contribution in [0, 0.1) is 0 Å². The first kappa shape index (κ1) is 14.9. The van der Waals surface area contributed by atoms with E-state index in [0.29, 0.717) is 12.1 Å². The van der Waals surface area contributed by atoms with Crippen LogP contribution >= 0.6 is 0 Å². The standard InChI is InChI=1S/C18H27NO2/c1-12-5-4-6-13(2)19(12)17-10-8-14-7-9-15(21-3)11-16(14)18(17)20/h7,9,11-13,17-18,20H,4-6,8,10H2,1-3H3/t12-,13+,17?,18?. The molecular weight excluding hydrogens is 262 g/mol. The van der Waals surface area contributed by atoms with Crippen LogP contribution in [0.15, 0.2) is 18.2 Å². The van der Waals surface area contributed by atoms with Gasteiger partial charge in [0.15, 0.2) is 0 Å². The number of aliphatic hydroxyl groups excluding tert-OH is 1. The van der Waals surface area contributed by atoms with Crippen LogP contribution in [0.2, 0.25) is 0 Å². The Labute approximate surface area is 127 Å². The minimum atomic E-state index is -0.396. The predicted octanol–water partition coefficient (Wildman–Crippen LogP) is 3.31. The highest BCUT2D eigenvalue weighted by atomic mass is 16.5. The summed E-state index contributed by atoms with van der Waals surface area (Å²) in [5, 5.41) is 10.9. The van der Waals surface area contributed by atoms with E-state index < -0.39 is 6.10 Å². The summed E-state index contributed by atoms with van der Waals surface area (Å²) in [4.78, 5) is 2.57. The van der Waals surface area contributed by atoms with Gasteiger partial charge < -0.3 is 9.84 Å². The monoisotopic (exact) mass is 289 g/mol. The lowest BCUT2D eigenvalue weighted by molar-refractivity contribution is -0.0251. The van der Waals surface area contributed by atoms with Gasteiger partial charge in [0.05, 0.1) is 13.2 Å². The zero-order chi connectivity index (χ0) is 15.0. The fourth-order valence-electron chi connectivity index (χ4n) is 4.28. The smallest absolute Gasteiger partial charge is 0.119 e. The number of likely N-dealkylation sites (tertiary alicyclic amines) is 1. The van der Waals surface area contributed by atoms with Crippen molar-refractivity contribution < 1.29 is 9.84 Å². The number of fused-ring (bicyclic) bond motifs is 1. The van der Waals surface area contributed by atoms with E-state index in [0.717, 1.165) is 24.2 Å². The number of hydrogen-bond donors (Lipinski definition) is 1. The van der Waals surface area contributed by atoms with Crippen molar-refractivity contribution in [2.45, 2.75) is 70.2 Å². The van der Waals surface area contributed by atoms with Crippen LogP contribution < -0.4 is 4.74 Å². The van der Waals surface area contributed by atoms with E-state index in [1.807, 2.05) is 12.1 Å². The average molecular weight is 289 g/mol. The molecule has 1 aromatic carbocycles. The maximum Gasteiger partial charge on any atom is 0.119 e. The van der Waals surface area contributed by atoms with Crippen molar-refractivity contribution in [1.82, 2.24) is 4.90 Å². The third-order valence-corrected chi connectivity index (χ3v) is 5.39. The highest BCUT2D eigenvalue weighted by Crippen LogP contribution is 2.38. The molecule has 1 aliphatic carbocycles. The molecule has 0 bridgehead atoms. The van der Waals surface area contributed by atoms with Crippen molar-refractivity contribution in [1.29, 1.82) is 0 Å². The molecule has 0 saturated carbocycles. The number of methoxy groups -OCH3 is 1. The first-order valence-corrected chi connectivity index (χ1v) is 8.24. The summed E-state index contributed by atoms with van der Waals surface area (Å²) >= 11 is 0. The van der Waals surface area contributed by atoms with Crippen LogP contribution in [0.1, 0.15) is 56.8 Å². The first-order chi connectivity index (χ1) is 10.1. The summed E-state index contributed by atoms with van der Waals surface area (Å²) in [6.07, 6.45) is 5.52. The summed E-state index contributed by atoms with van der Waals surface area (Å²) in [6.45, 7) is 4.62. The topological polar surface area (TPSA) is 32.7 Å². The van der Waals surface area contributed by atoms with Crippen molar-refractivity contribution in [2.24, 2.45) is 0 Å². The average Bonchev–Trinajstić information content (AvgIpc) is 2.49. The molecule has 0 amide bonds. The molecule has 116 valence electrons. The maximum atomic E-state index is 10.9. The highest BCUT2D eigenvalue weighted by Gasteiger charge is 2.38. The van der Waals surface area contributed by atoms with Gasteiger partial charge >= 0.3 is 0 Å². The molecule has 2 aliphatic rings. The molecule has 1 heterocycles. The summed E-state index contributed by atoms with van der Waals surface area (Å²) in [5.41, 5.74) is 2.34. The van der Waals surface area contributed by atoms with Crippen LogP contribution in [-0.4, -0.2) is 35.2 Å². The Morgan fingerprint density at radius 2 is 1.86 bits per heavy atom. The van der Waals surface area contributed by atoms with E-state index in [1.165, 1.54) is 24.8 Å². The predicted molar refractivity (Wildman–Crippen MR) is 84.7 cm³/mol. The van der Waals surface area contributed by atoms with Crippen LogP contribution in [0.4, 0.5) is 0 Å². The van der Waals surface area contributed by atoms with Crippen molar-refractivity contribution in [3.05, 3.63) is 29.3 Å². The molecule has 1 fully saturated rings. The zero-order valence-corrected chi connectivity index (χ0v) is 13.4. The number of ether oxygens (including phenoxy) is 1. The molecule has 1 N–H and O–H groups in total. The van der Waals surface area contributed by atoms with Gasteiger partial charge in [0, 0.05) is 18.1 Å². The maximum absolute atomic E-state index is 10.9. The minimum Gasteiger partial charge on any atom is -0.497 e. The number of nitrogens with zero attached hydrogens (tertiary/aromatic N) is 1. The van der Waals surface area contributed by atoms with Gasteiger partial charge in [0.1, 0.15) is 5.75 Å². The van der Waals surface area contributed by atoms with E-state index in [-0.39, 0.29) is 6.04 Å². The van der Waals surface area contributed by atoms with Crippen molar-refractivity contribution in [2.75, 3.05) is 7.11 Å². The molecular formula is C18H27NO2. The number of benzene rings is 1. The minimum absolute atomic E-state index is 0.245. The second-order valence-corrected chi connectivity index (χ2v) is 6.69. The molecule has 1 saturated heterocycles. The number of aliphatic hydroxyl groups is 1. The summed E-state index contributed by atoms with van der Waals surface area (Å²) in [6, 6.07) is 7.51. The van der Waals surface area contributed by atoms with E-state index in [4.69, 9.17) is 4.74 Å². The Morgan fingerprint density at radius 1 is 1.14 bits per heavy atom. The Morgan fingerprint density at radius 3 is 2.52 bits per heavy atom. The Bertz CT molecular complexity index is 492. The normalized spacial score (nSPS) is 33.5. The Balaban J connectivity index is 1.88. The van der Waals surface area contributed by atoms with Gasteiger partial charge in [-0.15, -0.1) is 0 Å². The molecule has 1 aliphatic heterocycles. The Hall–Kier alpha value is -1.06. The van der Waals surface area contributed by atoms with Gasteiger partial charge in [-0.25, -0.2) is 0 Å².